The summed E-state index contributed by atoms with van der Waals surface area (Å²) in [5, 5.41) is 5.09. The molecule has 1 aliphatic heterocycles. The molecule has 2 N–H and O–H groups in total. The number of carbonyl (C=O) groups excluding carboxylic acids is 2. The number of rotatable bonds is 5. The number of nitrogens with zero attached hydrogens (tertiary/aromatic N) is 3. The van der Waals surface area contributed by atoms with Crippen molar-refractivity contribution in [1.82, 2.24) is 15.2 Å². The number of pyridine rings is 1. The summed E-state index contributed by atoms with van der Waals surface area (Å²) >= 11 is 5.67. The molecule has 3 amide bonds. The van der Waals surface area contributed by atoms with Crippen LogP contribution >= 0.6 is 11.6 Å². The zero-order valence-electron chi connectivity index (χ0n) is 15.2. The second-order valence-electron chi connectivity index (χ2n) is 6.32. The highest BCUT2D eigenvalue weighted by Gasteiger charge is 2.21. The fourth-order valence-electron chi connectivity index (χ4n) is 2.92. The van der Waals surface area contributed by atoms with Crippen molar-refractivity contribution in [2.45, 2.75) is 6.42 Å². The molecule has 1 saturated heterocycles. The van der Waals surface area contributed by atoms with Crippen LogP contribution in [0.25, 0.3) is 0 Å². The molecular formula is C19H21ClFN5O2. The van der Waals surface area contributed by atoms with Crippen molar-refractivity contribution in [2.75, 3.05) is 42.9 Å². The topological polar surface area (TPSA) is 77.6 Å². The summed E-state index contributed by atoms with van der Waals surface area (Å²) in [4.78, 5) is 32.5. The fraction of sp³-hybridized carbons (Fsp3) is 0.316. The molecule has 0 atom stereocenters. The number of nitrogens with one attached hydrogen (secondary N) is 2. The zero-order valence-corrected chi connectivity index (χ0v) is 16.0. The lowest BCUT2D eigenvalue weighted by atomic mass is 10.2. The van der Waals surface area contributed by atoms with Gasteiger partial charge in [0.2, 0.25) is 5.91 Å². The van der Waals surface area contributed by atoms with E-state index in [1.165, 1.54) is 18.2 Å². The second kappa shape index (κ2) is 9.36. The lowest BCUT2D eigenvalue weighted by Gasteiger charge is -2.35. The Morgan fingerprint density at radius 3 is 2.61 bits per heavy atom. The van der Waals surface area contributed by atoms with E-state index >= 15 is 0 Å². The summed E-state index contributed by atoms with van der Waals surface area (Å²) in [7, 11) is 0. The average Bonchev–Trinajstić information content (AvgIpc) is 2.71. The molecule has 1 fully saturated rings. The van der Waals surface area contributed by atoms with Gasteiger partial charge in [0.15, 0.2) is 0 Å². The Hall–Kier alpha value is -2.87. The molecule has 28 heavy (non-hydrogen) atoms. The summed E-state index contributed by atoms with van der Waals surface area (Å²) < 4.78 is 13.1. The van der Waals surface area contributed by atoms with Crippen LogP contribution in [0.5, 0.6) is 0 Å². The van der Waals surface area contributed by atoms with Crippen LogP contribution in [0.2, 0.25) is 5.02 Å². The van der Waals surface area contributed by atoms with Crippen molar-refractivity contribution < 1.29 is 14.0 Å². The highest BCUT2D eigenvalue weighted by Crippen LogP contribution is 2.19. The standard InChI is InChI=1S/C19H21ClFN5O2/c20-15-13-14(4-5-16(15)21)24-19(28)23-8-6-18(27)26-11-9-25(10-12-26)17-3-1-2-7-22-17/h1-5,7,13H,6,8-12H2,(H2,23,24,28). The maximum atomic E-state index is 13.1. The molecule has 3 rings (SSSR count). The first-order valence-corrected chi connectivity index (χ1v) is 9.34. The molecule has 0 aliphatic carbocycles. The van der Waals surface area contributed by atoms with E-state index in [9.17, 15) is 14.0 Å². The SMILES string of the molecule is O=C(NCCC(=O)N1CCN(c2ccccn2)CC1)Nc1ccc(F)c(Cl)c1. The van der Waals surface area contributed by atoms with Gasteiger partial charge in [-0.15, -0.1) is 0 Å². The van der Waals surface area contributed by atoms with Gasteiger partial charge in [-0.1, -0.05) is 17.7 Å². The number of piperazine rings is 1. The first-order chi connectivity index (χ1) is 13.5. The molecule has 0 unspecified atom stereocenters. The van der Waals surface area contributed by atoms with E-state index in [0.29, 0.717) is 18.8 Å². The number of urea groups is 1. The molecule has 9 heteroatoms. The molecular weight excluding hydrogens is 385 g/mol. The monoisotopic (exact) mass is 405 g/mol. The Morgan fingerprint density at radius 1 is 1.14 bits per heavy atom. The van der Waals surface area contributed by atoms with E-state index in [2.05, 4.69) is 20.5 Å². The van der Waals surface area contributed by atoms with E-state index in [-0.39, 0.29) is 23.9 Å². The average molecular weight is 406 g/mol. The highest BCUT2D eigenvalue weighted by molar-refractivity contribution is 6.31. The van der Waals surface area contributed by atoms with E-state index < -0.39 is 11.8 Å². The maximum Gasteiger partial charge on any atom is 0.319 e. The highest BCUT2D eigenvalue weighted by atomic mass is 35.5. The quantitative estimate of drug-likeness (QED) is 0.801. The minimum absolute atomic E-state index is 0.00852. The number of carbonyl (C=O) groups is 2. The maximum absolute atomic E-state index is 13.1. The minimum atomic E-state index is -0.554. The van der Waals surface area contributed by atoms with Crippen LogP contribution in [0.15, 0.2) is 42.6 Å². The van der Waals surface area contributed by atoms with Crippen LogP contribution in [0.3, 0.4) is 0 Å². The van der Waals surface area contributed by atoms with Gasteiger partial charge in [0.1, 0.15) is 11.6 Å². The molecule has 1 aromatic heterocycles. The first kappa shape index (κ1) is 19.9. The van der Waals surface area contributed by atoms with E-state index in [1.54, 1.807) is 11.1 Å². The number of aromatic nitrogens is 1. The summed E-state index contributed by atoms with van der Waals surface area (Å²) in [6.45, 7) is 2.90. The van der Waals surface area contributed by atoms with E-state index in [1.807, 2.05) is 18.2 Å². The van der Waals surface area contributed by atoms with Gasteiger partial charge in [-0.25, -0.2) is 14.2 Å². The third kappa shape index (κ3) is 5.32. The summed E-state index contributed by atoms with van der Waals surface area (Å²) in [5.41, 5.74) is 0.376. The fourth-order valence-corrected chi connectivity index (χ4v) is 3.10. The minimum Gasteiger partial charge on any atom is -0.353 e. The number of hydrogen-bond donors (Lipinski definition) is 2. The first-order valence-electron chi connectivity index (χ1n) is 8.96. The van der Waals surface area contributed by atoms with Crippen molar-refractivity contribution in [3.8, 4) is 0 Å². The van der Waals surface area contributed by atoms with Gasteiger partial charge in [0, 0.05) is 51.0 Å². The van der Waals surface area contributed by atoms with Crippen molar-refractivity contribution in [1.29, 1.82) is 0 Å². The Kier molecular flexibility index (Phi) is 6.65. The second-order valence-corrected chi connectivity index (χ2v) is 6.72. The number of hydrogen-bond acceptors (Lipinski definition) is 4. The zero-order chi connectivity index (χ0) is 19.9. The lowest BCUT2D eigenvalue weighted by molar-refractivity contribution is -0.131. The third-order valence-corrected chi connectivity index (χ3v) is 4.70. The molecule has 0 spiro atoms. The third-order valence-electron chi connectivity index (χ3n) is 4.41. The van der Waals surface area contributed by atoms with E-state index in [0.717, 1.165) is 18.9 Å². The van der Waals surface area contributed by atoms with Gasteiger partial charge < -0.3 is 20.4 Å². The molecule has 2 heterocycles. The summed E-state index contributed by atoms with van der Waals surface area (Å²) in [5.74, 6) is 0.348. The van der Waals surface area contributed by atoms with Crippen LogP contribution < -0.4 is 15.5 Å². The largest absolute Gasteiger partial charge is 0.353 e. The Labute approximate surface area is 167 Å². The van der Waals surface area contributed by atoms with Crippen LogP contribution in [0, 0.1) is 5.82 Å². The number of amides is 3. The van der Waals surface area contributed by atoms with Crippen molar-refractivity contribution >= 4 is 35.0 Å². The van der Waals surface area contributed by atoms with Gasteiger partial charge in [-0.3, -0.25) is 4.79 Å². The van der Waals surface area contributed by atoms with Crippen LogP contribution in [-0.2, 0) is 4.79 Å². The van der Waals surface area contributed by atoms with Crippen molar-refractivity contribution in [3.05, 3.63) is 53.4 Å². The Bertz CT molecular complexity index is 828. The van der Waals surface area contributed by atoms with Gasteiger partial charge in [-0.2, -0.15) is 0 Å². The van der Waals surface area contributed by atoms with Crippen molar-refractivity contribution in [3.63, 3.8) is 0 Å². The molecule has 1 aliphatic rings. The Morgan fingerprint density at radius 2 is 1.93 bits per heavy atom. The molecule has 0 saturated carbocycles. The van der Waals surface area contributed by atoms with Crippen LogP contribution in [-0.4, -0.2) is 54.5 Å². The normalized spacial score (nSPS) is 13.9. The molecule has 0 radical (unpaired) electrons. The van der Waals surface area contributed by atoms with Crippen LogP contribution in [0.1, 0.15) is 6.42 Å². The molecule has 2 aromatic rings. The number of halogens is 2. The van der Waals surface area contributed by atoms with E-state index in [4.69, 9.17) is 11.6 Å². The van der Waals surface area contributed by atoms with Gasteiger partial charge >= 0.3 is 6.03 Å². The van der Waals surface area contributed by atoms with Gasteiger partial charge in [0.25, 0.3) is 0 Å². The van der Waals surface area contributed by atoms with Gasteiger partial charge in [0.05, 0.1) is 5.02 Å². The summed E-state index contributed by atoms with van der Waals surface area (Å²) in [6.07, 6.45) is 1.96. The van der Waals surface area contributed by atoms with Crippen LogP contribution in [0.4, 0.5) is 20.7 Å². The number of benzene rings is 1. The predicted molar refractivity (Wildman–Crippen MR) is 106 cm³/mol. The molecule has 0 bridgehead atoms. The Balaban J connectivity index is 1.37. The molecule has 148 valence electrons. The summed E-state index contributed by atoms with van der Waals surface area (Å²) in [6, 6.07) is 9.19. The number of anilines is 2. The molecule has 7 nitrogen and oxygen atoms in total. The van der Waals surface area contributed by atoms with Gasteiger partial charge in [-0.05, 0) is 30.3 Å². The predicted octanol–water partition coefficient (Wildman–Crippen LogP) is 2.73. The lowest BCUT2D eigenvalue weighted by Crippen LogP contribution is -2.49. The van der Waals surface area contributed by atoms with Crippen molar-refractivity contribution in [2.24, 2.45) is 0 Å². The smallest absolute Gasteiger partial charge is 0.319 e. The molecule has 1 aromatic carbocycles.